The fourth-order valence-electron chi connectivity index (χ4n) is 1.67. The lowest BCUT2D eigenvalue weighted by atomic mass is 10.2. The zero-order valence-electron chi connectivity index (χ0n) is 9.08. The van der Waals surface area contributed by atoms with Gasteiger partial charge in [0, 0.05) is 18.0 Å². The maximum Gasteiger partial charge on any atom is 0.173 e. The van der Waals surface area contributed by atoms with Crippen molar-refractivity contribution in [2.75, 3.05) is 0 Å². The van der Waals surface area contributed by atoms with Crippen LogP contribution in [0.5, 0.6) is 0 Å². The topological polar surface area (TPSA) is 66.9 Å². The molecular formula is C12H6ClN5. The van der Waals surface area contributed by atoms with Crippen LogP contribution in [0.1, 0.15) is 5.56 Å². The predicted octanol–water partition coefficient (Wildman–Crippen LogP) is 2.32. The first kappa shape index (κ1) is 10.7. The minimum Gasteiger partial charge on any atom is -0.244 e. The zero-order valence-corrected chi connectivity index (χ0v) is 9.83. The minimum atomic E-state index is 0.382. The van der Waals surface area contributed by atoms with Crippen LogP contribution in [-0.4, -0.2) is 19.6 Å². The Kier molecular flexibility index (Phi) is 2.43. The van der Waals surface area contributed by atoms with Gasteiger partial charge in [-0.3, -0.25) is 0 Å². The van der Waals surface area contributed by atoms with Crippen LogP contribution in [0, 0.1) is 11.3 Å². The number of fused-ring (bicyclic) bond motifs is 1. The molecule has 0 amide bonds. The molecule has 18 heavy (non-hydrogen) atoms. The van der Waals surface area contributed by atoms with Gasteiger partial charge in [-0.05, 0) is 18.2 Å². The summed E-state index contributed by atoms with van der Waals surface area (Å²) in [7, 11) is 0. The Hall–Kier alpha value is -2.45. The number of hydrogen-bond acceptors (Lipinski definition) is 4. The van der Waals surface area contributed by atoms with E-state index in [1.165, 1.54) is 6.20 Å². The Balaban J connectivity index is 2.25. The lowest BCUT2D eigenvalue weighted by Gasteiger charge is -2.02. The molecular weight excluding hydrogens is 250 g/mol. The van der Waals surface area contributed by atoms with Crippen LogP contribution in [0.2, 0.25) is 5.15 Å². The van der Waals surface area contributed by atoms with Crippen molar-refractivity contribution in [3.05, 3.63) is 47.5 Å². The third-order valence-electron chi connectivity index (χ3n) is 2.52. The molecule has 5 nitrogen and oxygen atoms in total. The lowest BCUT2D eigenvalue weighted by Crippen LogP contribution is -1.93. The minimum absolute atomic E-state index is 0.382. The Morgan fingerprint density at radius 1 is 1.33 bits per heavy atom. The molecule has 6 heteroatoms. The molecule has 0 radical (unpaired) electrons. The van der Waals surface area contributed by atoms with E-state index >= 15 is 0 Å². The average molecular weight is 256 g/mol. The summed E-state index contributed by atoms with van der Waals surface area (Å²) in [5.74, 6) is 0. The lowest BCUT2D eigenvalue weighted by molar-refractivity contribution is 0.941. The molecule has 0 aliphatic rings. The molecule has 86 valence electrons. The molecule has 3 rings (SSSR count). The number of nitriles is 1. The first-order valence-corrected chi connectivity index (χ1v) is 5.53. The molecule has 0 N–H and O–H groups in total. The summed E-state index contributed by atoms with van der Waals surface area (Å²) in [5.41, 5.74) is 2.33. The second kappa shape index (κ2) is 4.09. The number of pyridine rings is 1. The van der Waals surface area contributed by atoms with Gasteiger partial charge in [-0.25, -0.2) is 14.5 Å². The molecule has 3 aromatic heterocycles. The summed E-state index contributed by atoms with van der Waals surface area (Å²) >= 11 is 6.02. The third kappa shape index (κ3) is 1.60. The fraction of sp³-hybridized carbons (Fsp3) is 0. The van der Waals surface area contributed by atoms with Crippen molar-refractivity contribution in [3.63, 3.8) is 0 Å². The second-order valence-electron chi connectivity index (χ2n) is 3.59. The van der Waals surface area contributed by atoms with E-state index in [0.29, 0.717) is 22.1 Å². The summed E-state index contributed by atoms with van der Waals surface area (Å²) in [4.78, 5) is 8.39. The van der Waals surface area contributed by atoms with Crippen LogP contribution in [0.3, 0.4) is 0 Å². The molecule has 0 aliphatic carbocycles. The van der Waals surface area contributed by atoms with Crippen LogP contribution >= 0.6 is 11.6 Å². The van der Waals surface area contributed by atoms with Crippen molar-refractivity contribution in [1.29, 1.82) is 5.26 Å². The highest BCUT2D eigenvalue weighted by atomic mass is 35.5. The van der Waals surface area contributed by atoms with Crippen LogP contribution in [-0.2, 0) is 0 Å². The Morgan fingerprint density at radius 2 is 2.22 bits per heavy atom. The van der Waals surface area contributed by atoms with Crippen molar-refractivity contribution < 1.29 is 0 Å². The third-order valence-corrected chi connectivity index (χ3v) is 2.83. The predicted molar refractivity (Wildman–Crippen MR) is 65.9 cm³/mol. The highest BCUT2D eigenvalue weighted by Gasteiger charge is 2.09. The molecule has 0 aliphatic heterocycles. The van der Waals surface area contributed by atoms with Crippen LogP contribution in [0.15, 0.2) is 36.8 Å². The molecule has 0 aromatic carbocycles. The molecule has 0 saturated carbocycles. The quantitative estimate of drug-likeness (QED) is 0.626. The van der Waals surface area contributed by atoms with E-state index in [9.17, 15) is 0 Å². The highest BCUT2D eigenvalue weighted by Crippen LogP contribution is 2.24. The van der Waals surface area contributed by atoms with E-state index in [2.05, 4.69) is 15.1 Å². The van der Waals surface area contributed by atoms with Crippen LogP contribution in [0.25, 0.3) is 16.9 Å². The second-order valence-corrected chi connectivity index (χ2v) is 3.95. The van der Waals surface area contributed by atoms with Gasteiger partial charge in [0.2, 0.25) is 0 Å². The van der Waals surface area contributed by atoms with Crippen LogP contribution in [0.4, 0.5) is 0 Å². The van der Waals surface area contributed by atoms with Crippen molar-refractivity contribution in [2.45, 2.75) is 0 Å². The smallest absolute Gasteiger partial charge is 0.173 e. The molecule has 3 heterocycles. The Morgan fingerprint density at radius 3 is 3.00 bits per heavy atom. The fourth-order valence-corrected chi connectivity index (χ4v) is 1.89. The van der Waals surface area contributed by atoms with Gasteiger partial charge in [0.05, 0.1) is 11.9 Å². The van der Waals surface area contributed by atoms with Gasteiger partial charge in [-0.1, -0.05) is 11.6 Å². The van der Waals surface area contributed by atoms with Crippen molar-refractivity contribution >= 4 is 17.2 Å². The first-order chi connectivity index (χ1) is 8.79. The highest BCUT2D eigenvalue weighted by molar-refractivity contribution is 6.32. The maximum absolute atomic E-state index is 8.96. The average Bonchev–Trinajstić information content (AvgIpc) is 2.81. The number of hydrogen-bond donors (Lipinski definition) is 0. The number of halogens is 1. The summed E-state index contributed by atoms with van der Waals surface area (Å²) < 4.78 is 1.55. The van der Waals surface area contributed by atoms with Gasteiger partial charge in [0.1, 0.15) is 16.8 Å². The normalized spacial score (nSPS) is 10.4. The van der Waals surface area contributed by atoms with Gasteiger partial charge >= 0.3 is 0 Å². The molecule has 0 unspecified atom stereocenters. The van der Waals surface area contributed by atoms with Gasteiger partial charge in [-0.2, -0.15) is 10.4 Å². The molecule has 0 atom stereocenters. The molecule has 0 bridgehead atoms. The molecule has 3 aromatic rings. The van der Waals surface area contributed by atoms with Crippen molar-refractivity contribution in [3.8, 4) is 17.3 Å². The standard InChI is InChI=1S/C12H6ClN5/c13-11-9(2-1-4-15-11)10-3-5-18-12(17-10)8(6-14)7-16-18/h1-5,7H. The van der Waals surface area contributed by atoms with Crippen molar-refractivity contribution in [2.24, 2.45) is 0 Å². The summed E-state index contributed by atoms with van der Waals surface area (Å²) in [5, 5.41) is 13.4. The van der Waals surface area contributed by atoms with Gasteiger partial charge < -0.3 is 0 Å². The van der Waals surface area contributed by atoms with Crippen LogP contribution < -0.4 is 0 Å². The van der Waals surface area contributed by atoms with E-state index in [1.54, 1.807) is 29.0 Å². The number of rotatable bonds is 1. The summed E-state index contributed by atoms with van der Waals surface area (Å²) in [6.45, 7) is 0. The Bertz CT molecular complexity index is 771. The SMILES string of the molecule is N#Cc1cnn2ccc(-c3cccnc3Cl)nc12. The van der Waals surface area contributed by atoms with Gasteiger partial charge in [0.15, 0.2) is 5.65 Å². The molecule has 0 spiro atoms. The van der Waals surface area contributed by atoms with E-state index in [-0.39, 0.29) is 0 Å². The largest absolute Gasteiger partial charge is 0.244 e. The van der Waals surface area contributed by atoms with E-state index in [4.69, 9.17) is 16.9 Å². The van der Waals surface area contributed by atoms with E-state index in [1.807, 2.05) is 12.1 Å². The monoisotopic (exact) mass is 255 g/mol. The van der Waals surface area contributed by atoms with E-state index in [0.717, 1.165) is 5.56 Å². The first-order valence-electron chi connectivity index (χ1n) is 5.15. The number of aromatic nitrogens is 4. The summed E-state index contributed by atoms with van der Waals surface area (Å²) in [6, 6.07) is 7.45. The zero-order chi connectivity index (χ0) is 12.5. The molecule has 0 fully saturated rings. The van der Waals surface area contributed by atoms with Gasteiger partial charge in [0.25, 0.3) is 0 Å². The van der Waals surface area contributed by atoms with E-state index < -0.39 is 0 Å². The van der Waals surface area contributed by atoms with Crippen molar-refractivity contribution in [1.82, 2.24) is 19.6 Å². The van der Waals surface area contributed by atoms with Gasteiger partial charge in [-0.15, -0.1) is 0 Å². The number of nitrogens with zero attached hydrogens (tertiary/aromatic N) is 5. The Labute approximate surface area is 107 Å². The molecule has 0 saturated heterocycles. The summed E-state index contributed by atoms with van der Waals surface area (Å²) in [6.07, 6.45) is 4.84. The maximum atomic E-state index is 8.96.